The fourth-order valence-electron chi connectivity index (χ4n) is 2.75. The van der Waals surface area contributed by atoms with Gasteiger partial charge in [-0.3, -0.25) is 4.90 Å². The van der Waals surface area contributed by atoms with Gasteiger partial charge in [-0.25, -0.2) is 0 Å². The molecule has 1 saturated heterocycles. The number of hydrogen-bond donors (Lipinski definition) is 1. The molecule has 1 atom stereocenters. The number of nitrogens with zero attached hydrogens (tertiary/aromatic N) is 1. The molecule has 1 heterocycles. The maximum atomic E-state index is 3.59. The van der Waals surface area contributed by atoms with Crippen LogP contribution in [-0.4, -0.2) is 24.0 Å². The maximum Gasteiger partial charge on any atom is 0.0345 e. The van der Waals surface area contributed by atoms with Gasteiger partial charge in [0.2, 0.25) is 0 Å². The third-order valence-corrected chi connectivity index (χ3v) is 3.67. The first kappa shape index (κ1) is 13.4. The zero-order valence-corrected chi connectivity index (χ0v) is 11.8. The highest BCUT2D eigenvalue weighted by atomic mass is 15.1. The van der Waals surface area contributed by atoms with Gasteiger partial charge in [0.25, 0.3) is 0 Å². The Labute approximate surface area is 111 Å². The van der Waals surface area contributed by atoms with Gasteiger partial charge in [0.05, 0.1) is 0 Å². The van der Waals surface area contributed by atoms with Crippen LogP contribution < -0.4 is 5.32 Å². The van der Waals surface area contributed by atoms with Gasteiger partial charge < -0.3 is 5.32 Å². The minimum Gasteiger partial charge on any atom is -0.383 e. The van der Waals surface area contributed by atoms with Gasteiger partial charge in [-0.2, -0.15) is 0 Å². The summed E-state index contributed by atoms with van der Waals surface area (Å²) in [6.45, 7) is 8.14. The van der Waals surface area contributed by atoms with Gasteiger partial charge >= 0.3 is 0 Å². The number of nitrogens with one attached hydrogen (secondary N) is 1. The second-order valence-corrected chi connectivity index (χ2v) is 5.52. The topological polar surface area (TPSA) is 15.3 Å². The summed E-state index contributed by atoms with van der Waals surface area (Å²) < 4.78 is 0. The molecule has 1 aliphatic rings. The lowest BCUT2D eigenvalue weighted by molar-refractivity contribution is 0.331. The molecule has 2 nitrogen and oxygen atoms in total. The van der Waals surface area contributed by atoms with Crippen molar-refractivity contribution in [3.63, 3.8) is 0 Å². The van der Waals surface area contributed by atoms with Crippen LogP contribution in [0.5, 0.6) is 0 Å². The van der Waals surface area contributed by atoms with Gasteiger partial charge in [-0.05, 0) is 57.0 Å². The molecule has 1 aliphatic heterocycles. The molecule has 0 aromatic heterocycles. The van der Waals surface area contributed by atoms with Gasteiger partial charge in [-0.15, -0.1) is 0 Å². The van der Waals surface area contributed by atoms with Crippen LogP contribution in [-0.2, 0) is 6.54 Å². The normalized spacial score (nSPS) is 17.9. The van der Waals surface area contributed by atoms with Crippen LogP contribution in [0, 0.1) is 0 Å². The lowest BCUT2D eigenvalue weighted by Crippen LogP contribution is -2.19. The summed E-state index contributed by atoms with van der Waals surface area (Å²) in [5, 5.41) is 3.59. The minimum absolute atomic E-state index is 0.567. The second kappa shape index (κ2) is 6.79. The third kappa shape index (κ3) is 4.02. The summed E-state index contributed by atoms with van der Waals surface area (Å²) in [6, 6.07) is 9.47. The lowest BCUT2D eigenvalue weighted by atomic mass is 10.1. The largest absolute Gasteiger partial charge is 0.383 e. The monoisotopic (exact) mass is 246 g/mol. The van der Waals surface area contributed by atoms with Crippen LogP contribution in [0.4, 0.5) is 5.69 Å². The lowest BCUT2D eigenvalue weighted by Gasteiger charge is -2.17. The Morgan fingerprint density at radius 3 is 2.78 bits per heavy atom. The molecular weight excluding hydrogens is 220 g/mol. The number of hydrogen-bond acceptors (Lipinski definition) is 2. The molecule has 0 spiro atoms. The highest BCUT2D eigenvalue weighted by Gasteiger charge is 2.11. The number of anilines is 1. The molecule has 0 bridgehead atoms. The number of likely N-dealkylation sites (tertiary alicyclic amines) is 1. The molecule has 2 rings (SSSR count). The average molecular weight is 246 g/mol. The van der Waals surface area contributed by atoms with Crippen molar-refractivity contribution >= 4 is 5.69 Å². The first-order valence-electron chi connectivity index (χ1n) is 7.35. The van der Waals surface area contributed by atoms with Crippen LogP contribution in [0.25, 0.3) is 0 Å². The molecule has 0 saturated carbocycles. The molecule has 0 amide bonds. The fourth-order valence-corrected chi connectivity index (χ4v) is 2.75. The third-order valence-electron chi connectivity index (χ3n) is 3.67. The fraction of sp³-hybridized carbons (Fsp3) is 0.625. The zero-order valence-electron chi connectivity index (χ0n) is 11.8. The van der Waals surface area contributed by atoms with Crippen molar-refractivity contribution in [1.29, 1.82) is 0 Å². The summed E-state index contributed by atoms with van der Waals surface area (Å²) in [5.74, 6) is 0. The molecule has 100 valence electrons. The van der Waals surface area contributed by atoms with Crippen molar-refractivity contribution in [1.82, 2.24) is 4.90 Å². The zero-order chi connectivity index (χ0) is 12.8. The summed E-state index contributed by atoms with van der Waals surface area (Å²) in [4.78, 5) is 2.55. The van der Waals surface area contributed by atoms with E-state index in [2.05, 4.69) is 48.3 Å². The molecule has 0 radical (unpaired) electrons. The first-order chi connectivity index (χ1) is 8.78. The molecule has 1 fully saturated rings. The predicted octanol–water partition coefficient (Wildman–Crippen LogP) is 3.88. The van der Waals surface area contributed by atoms with E-state index in [1.54, 1.807) is 0 Å². The molecule has 1 unspecified atom stereocenters. The Hall–Kier alpha value is -1.02. The standard InChI is InChI=1S/C16H26N2/c1-3-7-14(2)17-16-9-6-8-15(12-16)13-18-10-4-5-11-18/h6,8-9,12,14,17H,3-5,7,10-11,13H2,1-2H3. The molecule has 2 heteroatoms. The van der Waals surface area contributed by atoms with E-state index in [0.29, 0.717) is 6.04 Å². The highest BCUT2D eigenvalue weighted by Crippen LogP contribution is 2.17. The Morgan fingerprint density at radius 1 is 1.28 bits per heavy atom. The van der Waals surface area contributed by atoms with Crippen molar-refractivity contribution in [2.24, 2.45) is 0 Å². The smallest absolute Gasteiger partial charge is 0.0345 e. The van der Waals surface area contributed by atoms with Crippen LogP contribution in [0.1, 0.15) is 45.1 Å². The summed E-state index contributed by atoms with van der Waals surface area (Å²) in [6.07, 6.45) is 5.20. The Morgan fingerprint density at radius 2 is 2.06 bits per heavy atom. The van der Waals surface area contributed by atoms with Gasteiger partial charge in [0.1, 0.15) is 0 Å². The minimum atomic E-state index is 0.567. The molecule has 1 aromatic carbocycles. The van der Waals surface area contributed by atoms with Crippen LogP contribution in [0.2, 0.25) is 0 Å². The average Bonchev–Trinajstić information content (AvgIpc) is 2.82. The molecule has 1 N–H and O–H groups in total. The molecule has 0 aliphatic carbocycles. The van der Waals surface area contributed by atoms with Crippen molar-refractivity contribution in [3.8, 4) is 0 Å². The van der Waals surface area contributed by atoms with Crippen LogP contribution in [0.3, 0.4) is 0 Å². The van der Waals surface area contributed by atoms with Crippen molar-refractivity contribution < 1.29 is 0 Å². The quantitative estimate of drug-likeness (QED) is 0.819. The molecule has 1 aromatic rings. The Kier molecular flexibility index (Phi) is 5.06. The predicted molar refractivity (Wildman–Crippen MR) is 78.9 cm³/mol. The van der Waals surface area contributed by atoms with E-state index in [9.17, 15) is 0 Å². The van der Waals surface area contributed by atoms with E-state index < -0.39 is 0 Å². The summed E-state index contributed by atoms with van der Waals surface area (Å²) >= 11 is 0. The van der Waals surface area contributed by atoms with Crippen molar-refractivity contribution in [3.05, 3.63) is 29.8 Å². The summed E-state index contributed by atoms with van der Waals surface area (Å²) in [7, 11) is 0. The highest BCUT2D eigenvalue weighted by molar-refractivity contribution is 5.46. The van der Waals surface area contributed by atoms with E-state index in [0.717, 1.165) is 6.54 Å². The van der Waals surface area contributed by atoms with Crippen molar-refractivity contribution in [2.75, 3.05) is 18.4 Å². The maximum absolute atomic E-state index is 3.59. The van der Waals surface area contributed by atoms with Crippen molar-refractivity contribution in [2.45, 2.75) is 52.1 Å². The van der Waals surface area contributed by atoms with Gasteiger partial charge in [0, 0.05) is 18.3 Å². The second-order valence-electron chi connectivity index (χ2n) is 5.52. The number of rotatable bonds is 6. The van der Waals surface area contributed by atoms with E-state index in [-0.39, 0.29) is 0 Å². The van der Waals surface area contributed by atoms with E-state index >= 15 is 0 Å². The van der Waals surface area contributed by atoms with Crippen LogP contribution in [0.15, 0.2) is 24.3 Å². The Bertz CT molecular complexity index is 356. The molecule has 18 heavy (non-hydrogen) atoms. The summed E-state index contributed by atoms with van der Waals surface area (Å²) in [5.41, 5.74) is 2.71. The molecular formula is C16H26N2. The first-order valence-corrected chi connectivity index (χ1v) is 7.35. The SMILES string of the molecule is CCCC(C)Nc1cccc(CN2CCCC2)c1. The van der Waals surface area contributed by atoms with Crippen LogP contribution >= 0.6 is 0 Å². The van der Waals surface area contributed by atoms with E-state index in [1.807, 2.05) is 0 Å². The van der Waals surface area contributed by atoms with E-state index in [4.69, 9.17) is 0 Å². The van der Waals surface area contributed by atoms with Gasteiger partial charge in [-0.1, -0.05) is 25.5 Å². The van der Waals surface area contributed by atoms with E-state index in [1.165, 1.54) is 50.0 Å². The Balaban J connectivity index is 1.91. The van der Waals surface area contributed by atoms with Gasteiger partial charge in [0.15, 0.2) is 0 Å². The number of benzene rings is 1.